The van der Waals surface area contributed by atoms with Crippen LogP contribution < -0.4 is 11.1 Å². The van der Waals surface area contributed by atoms with E-state index in [0.29, 0.717) is 19.6 Å². The number of amides is 2. The van der Waals surface area contributed by atoms with Gasteiger partial charge in [0.1, 0.15) is 0 Å². The summed E-state index contributed by atoms with van der Waals surface area (Å²) in [5.41, 5.74) is 5.57. The fraction of sp³-hybridized carbons (Fsp3) is 0.833. The van der Waals surface area contributed by atoms with E-state index in [-0.39, 0.29) is 11.8 Å². The van der Waals surface area contributed by atoms with E-state index in [4.69, 9.17) is 5.73 Å². The van der Waals surface area contributed by atoms with Crippen LogP contribution in [0.2, 0.25) is 0 Å². The van der Waals surface area contributed by atoms with Gasteiger partial charge in [0, 0.05) is 32.7 Å². The van der Waals surface area contributed by atoms with Gasteiger partial charge in [0.25, 0.3) is 0 Å². The highest BCUT2D eigenvalue weighted by atomic mass is 16.2. The average Bonchev–Trinajstić information content (AvgIpc) is 2.36. The van der Waals surface area contributed by atoms with Crippen molar-refractivity contribution in [2.75, 3.05) is 39.3 Å². The molecule has 1 heterocycles. The molecule has 0 aromatic rings. The first kappa shape index (κ1) is 14.9. The molecule has 3 N–H and O–H groups in total. The second kappa shape index (κ2) is 7.33. The highest BCUT2D eigenvalue weighted by Crippen LogP contribution is 2.03. The van der Waals surface area contributed by atoms with Gasteiger partial charge in [-0.25, -0.2) is 0 Å². The molecule has 18 heavy (non-hydrogen) atoms. The third-order valence-corrected chi connectivity index (χ3v) is 3.01. The molecule has 0 aromatic heterocycles. The number of nitrogens with zero attached hydrogens (tertiary/aromatic N) is 2. The molecule has 6 nitrogen and oxygen atoms in total. The van der Waals surface area contributed by atoms with Crippen LogP contribution in [0, 0.1) is 0 Å². The number of rotatable bonds is 5. The van der Waals surface area contributed by atoms with Gasteiger partial charge in [0.05, 0.1) is 12.6 Å². The Morgan fingerprint density at radius 1 is 1.28 bits per heavy atom. The molecule has 0 radical (unpaired) electrons. The molecule has 1 rings (SSSR count). The van der Waals surface area contributed by atoms with E-state index in [1.165, 1.54) is 0 Å². The van der Waals surface area contributed by atoms with Gasteiger partial charge in [-0.3, -0.25) is 14.5 Å². The van der Waals surface area contributed by atoms with E-state index >= 15 is 0 Å². The number of carbonyl (C=O) groups excluding carboxylic acids is 2. The fourth-order valence-corrected chi connectivity index (χ4v) is 1.94. The first-order chi connectivity index (χ1) is 8.54. The zero-order chi connectivity index (χ0) is 13.5. The molecule has 6 heteroatoms. The van der Waals surface area contributed by atoms with Crippen LogP contribution in [0.15, 0.2) is 0 Å². The molecule has 1 aliphatic heterocycles. The Balaban J connectivity index is 2.27. The molecule has 0 aliphatic carbocycles. The van der Waals surface area contributed by atoms with E-state index in [0.717, 1.165) is 26.1 Å². The van der Waals surface area contributed by atoms with Gasteiger partial charge < -0.3 is 16.0 Å². The summed E-state index contributed by atoms with van der Waals surface area (Å²) in [4.78, 5) is 27.0. The molecule has 1 unspecified atom stereocenters. The molecule has 0 bridgehead atoms. The zero-order valence-corrected chi connectivity index (χ0v) is 11.3. The van der Waals surface area contributed by atoms with Crippen LogP contribution in [-0.4, -0.2) is 66.9 Å². The van der Waals surface area contributed by atoms with Crippen LogP contribution in [0.1, 0.15) is 20.3 Å². The monoisotopic (exact) mass is 256 g/mol. The van der Waals surface area contributed by atoms with Gasteiger partial charge in [0.2, 0.25) is 11.8 Å². The van der Waals surface area contributed by atoms with E-state index < -0.39 is 6.04 Å². The van der Waals surface area contributed by atoms with Crippen molar-refractivity contribution < 1.29 is 9.59 Å². The highest BCUT2D eigenvalue weighted by molar-refractivity contribution is 5.81. The third-order valence-electron chi connectivity index (χ3n) is 3.01. The lowest BCUT2D eigenvalue weighted by atomic mass is 10.2. The van der Waals surface area contributed by atoms with Gasteiger partial charge in [-0.2, -0.15) is 0 Å². The van der Waals surface area contributed by atoms with Crippen LogP contribution in [-0.2, 0) is 9.59 Å². The van der Waals surface area contributed by atoms with Crippen LogP contribution in [0.25, 0.3) is 0 Å². The largest absolute Gasteiger partial charge is 0.355 e. The third kappa shape index (κ3) is 4.62. The number of hydrogen-bond donors (Lipinski definition) is 2. The lowest BCUT2D eigenvalue weighted by Crippen LogP contribution is -2.54. The van der Waals surface area contributed by atoms with E-state index in [9.17, 15) is 9.59 Å². The number of hydrogen-bond acceptors (Lipinski definition) is 4. The molecule has 1 aliphatic rings. The maximum Gasteiger partial charge on any atom is 0.239 e. The predicted octanol–water partition coefficient (Wildman–Crippen LogP) is -0.996. The van der Waals surface area contributed by atoms with Gasteiger partial charge in [-0.15, -0.1) is 0 Å². The van der Waals surface area contributed by atoms with Crippen LogP contribution in [0.3, 0.4) is 0 Å². The van der Waals surface area contributed by atoms with Crippen LogP contribution in [0.5, 0.6) is 0 Å². The average molecular weight is 256 g/mol. The summed E-state index contributed by atoms with van der Waals surface area (Å²) in [5.74, 6) is 0.0499. The minimum atomic E-state index is -0.440. The fourth-order valence-electron chi connectivity index (χ4n) is 1.94. The normalized spacial score (nSPS) is 18.5. The van der Waals surface area contributed by atoms with Gasteiger partial charge in [0.15, 0.2) is 0 Å². The minimum absolute atomic E-state index is 0.00918. The molecule has 0 saturated carbocycles. The number of nitrogens with one attached hydrogen (secondary N) is 1. The lowest BCUT2D eigenvalue weighted by molar-refractivity contribution is -0.134. The molecule has 104 valence electrons. The van der Waals surface area contributed by atoms with E-state index in [1.54, 1.807) is 11.8 Å². The summed E-state index contributed by atoms with van der Waals surface area (Å²) >= 11 is 0. The second-order valence-corrected chi connectivity index (χ2v) is 4.74. The van der Waals surface area contributed by atoms with Crippen LogP contribution >= 0.6 is 0 Å². The Kier molecular flexibility index (Phi) is 6.07. The molecular weight excluding hydrogens is 232 g/mol. The standard InChI is InChI=1S/C12H24N4O2/c1-3-4-14-11(17)9-15-5-7-16(8-6-15)12(18)10(2)13/h10H,3-9,13H2,1-2H3,(H,14,17). The van der Waals surface area contributed by atoms with Crippen molar-refractivity contribution in [3.05, 3.63) is 0 Å². The van der Waals surface area contributed by atoms with Crippen LogP contribution in [0.4, 0.5) is 0 Å². The molecule has 1 saturated heterocycles. The quantitative estimate of drug-likeness (QED) is 0.661. The van der Waals surface area contributed by atoms with Crippen molar-refractivity contribution in [1.29, 1.82) is 0 Å². The molecule has 0 spiro atoms. The second-order valence-electron chi connectivity index (χ2n) is 4.74. The summed E-state index contributed by atoms with van der Waals surface area (Å²) in [7, 11) is 0. The predicted molar refractivity (Wildman–Crippen MR) is 70.0 cm³/mol. The number of nitrogens with two attached hydrogens (primary N) is 1. The summed E-state index contributed by atoms with van der Waals surface area (Å²) < 4.78 is 0. The smallest absolute Gasteiger partial charge is 0.239 e. The first-order valence-corrected chi connectivity index (χ1v) is 6.58. The maximum atomic E-state index is 11.7. The lowest BCUT2D eigenvalue weighted by Gasteiger charge is -2.35. The minimum Gasteiger partial charge on any atom is -0.355 e. The molecule has 1 atom stereocenters. The van der Waals surface area contributed by atoms with E-state index in [2.05, 4.69) is 10.2 Å². The Morgan fingerprint density at radius 3 is 2.39 bits per heavy atom. The Bertz CT molecular complexity index is 286. The Labute approximate surface area is 108 Å². The molecule has 2 amide bonds. The summed E-state index contributed by atoms with van der Waals surface area (Å²) in [6.45, 7) is 7.65. The highest BCUT2D eigenvalue weighted by Gasteiger charge is 2.23. The maximum absolute atomic E-state index is 11.7. The van der Waals surface area contributed by atoms with Crippen molar-refractivity contribution in [1.82, 2.24) is 15.1 Å². The van der Waals surface area contributed by atoms with Crippen molar-refractivity contribution in [2.24, 2.45) is 5.73 Å². The van der Waals surface area contributed by atoms with E-state index in [1.807, 2.05) is 6.92 Å². The van der Waals surface area contributed by atoms with Crippen molar-refractivity contribution >= 4 is 11.8 Å². The topological polar surface area (TPSA) is 78.7 Å². The summed E-state index contributed by atoms with van der Waals surface area (Å²) in [6, 6.07) is -0.440. The SMILES string of the molecule is CCCNC(=O)CN1CCN(C(=O)C(C)N)CC1. The summed E-state index contributed by atoms with van der Waals surface area (Å²) in [6.07, 6.45) is 0.947. The molecule has 1 fully saturated rings. The number of carbonyl (C=O) groups is 2. The Morgan fingerprint density at radius 2 is 1.89 bits per heavy atom. The van der Waals surface area contributed by atoms with Gasteiger partial charge >= 0.3 is 0 Å². The number of piperazine rings is 1. The zero-order valence-electron chi connectivity index (χ0n) is 11.3. The van der Waals surface area contributed by atoms with Crippen molar-refractivity contribution in [3.8, 4) is 0 Å². The van der Waals surface area contributed by atoms with Crippen molar-refractivity contribution in [3.63, 3.8) is 0 Å². The summed E-state index contributed by atoms with van der Waals surface area (Å²) in [5, 5.41) is 2.85. The molecular formula is C12H24N4O2. The van der Waals surface area contributed by atoms with Gasteiger partial charge in [-0.1, -0.05) is 6.92 Å². The molecule has 0 aromatic carbocycles. The van der Waals surface area contributed by atoms with Crippen molar-refractivity contribution in [2.45, 2.75) is 26.3 Å². The van der Waals surface area contributed by atoms with Gasteiger partial charge in [-0.05, 0) is 13.3 Å². The Hall–Kier alpha value is -1.14. The first-order valence-electron chi connectivity index (χ1n) is 6.58.